The number of hydrogen-bond donors (Lipinski definition) is 1. The SMILES string of the molecule is C=CC(N1CCN(C)CC1)S(=O)(=O)c1cc(-c2sc(N)nc2C)ccc1Cl. The molecule has 0 saturated carbocycles. The van der Waals surface area contributed by atoms with Gasteiger partial charge in [0.05, 0.1) is 20.5 Å². The highest BCUT2D eigenvalue weighted by Crippen LogP contribution is 2.36. The van der Waals surface area contributed by atoms with E-state index < -0.39 is 15.2 Å². The summed E-state index contributed by atoms with van der Waals surface area (Å²) in [6.45, 7) is 8.57. The highest BCUT2D eigenvalue weighted by Gasteiger charge is 2.33. The van der Waals surface area contributed by atoms with E-state index in [9.17, 15) is 8.42 Å². The van der Waals surface area contributed by atoms with Crippen LogP contribution in [0.3, 0.4) is 0 Å². The molecular formula is C18H23ClN4O2S2. The number of halogens is 1. The van der Waals surface area contributed by atoms with Gasteiger partial charge in [0.25, 0.3) is 0 Å². The van der Waals surface area contributed by atoms with Crippen molar-refractivity contribution in [1.29, 1.82) is 0 Å². The number of aryl methyl sites for hydroxylation is 1. The Balaban J connectivity index is 2.01. The molecule has 2 aromatic rings. The fourth-order valence-corrected chi connectivity index (χ4v) is 6.24. The molecule has 3 rings (SSSR count). The smallest absolute Gasteiger partial charge is 0.199 e. The highest BCUT2D eigenvalue weighted by atomic mass is 35.5. The first-order valence-electron chi connectivity index (χ1n) is 8.56. The number of nitrogen functional groups attached to an aromatic ring is 1. The van der Waals surface area contributed by atoms with E-state index in [2.05, 4.69) is 16.5 Å². The van der Waals surface area contributed by atoms with Gasteiger partial charge in [-0.2, -0.15) is 0 Å². The Hall–Kier alpha value is -1.45. The molecule has 0 radical (unpaired) electrons. The molecule has 1 saturated heterocycles. The molecule has 6 nitrogen and oxygen atoms in total. The van der Waals surface area contributed by atoms with E-state index in [0.29, 0.717) is 18.2 Å². The lowest BCUT2D eigenvalue weighted by Crippen LogP contribution is -2.50. The minimum absolute atomic E-state index is 0.108. The molecule has 9 heteroatoms. The Morgan fingerprint density at radius 1 is 1.33 bits per heavy atom. The average molecular weight is 427 g/mol. The Morgan fingerprint density at radius 2 is 2.00 bits per heavy atom. The zero-order chi connectivity index (χ0) is 19.8. The number of nitrogens with zero attached hydrogens (tertiary/aromatic N) is 3. The third-order valence-electron chi connectivity index (χ3n) is 4.73. The third-order valence-corrected chi connectivity index (χ3v) is 8.28. The van der Waals surface area contributed by atoms with Crippen LogP contribution in [0.15, 0.2) is 35.7 Å². The number of nitrogens with two attached hydrogens (primary N) is 1. The topological polar surface area (TPSA) is 79.5 Å². The van der Waals surface area contributed by atoms with E-state index in [4.69, 9.17) is 17.3 Å². The number of aromatic nitrogens is 1. The predicted octanol–water partition coefficient (Wildman–Crippen LogP) is 2.89. The summed E-state index contributed by atoms with van der Waals surface area (Å²) in [5.74, 6) is 0. The first-order valence-corrected chi connectivity index (χ1v) is 11.3. The lowest BCUT2D eigenvalue weighted by Gasteiger charge is -2.36. The fraction of sp³-hybridized carbons (Fsp3) is 0.389. The van der Waals surface area contributed by atoms with E-state index in [1.807, 2.05) is 18.9 Å². The van der Waals surface area contributed by atoms with Crippen molar-refractivity contribution in [3.05, 3.63) is 41.6 Å². The van der Waals surface area contributed by atoms with Gasteiger partial charge in [0, 0.05) is 26.2 Å². The summed E-state index contributed by atoms with van der Waals surface area (Å²) in [5.41, 5.74) is 7.30. The van der Waals surface area contributed by atoms with Crippen molar-refractivity contribution in [1.82, 2.24) is 14.8 Å². The Bertz CT molecular complexity index is 950. The van der Waals surface area contributed by atoms with Crippen LogP contribution in [-0.2, 0) is 9.84 Å². The van der Waals surface area contributed by atoms with Crippen LogP contribution < -0.4 is 5.73 Å². The summed E-state index contributed by atoms with van der Waals surface area (Å²) < 4.78 is 26.8. The lowest BCUT2D eigenvalue weighted by molar-refractivity contribution is 0.154. The summed E-state index contributed by atoms with van der Waals surface area (Å²) in [6.07, 6.45) is 1.49. The molecule has 2 N–H and O–H groups in total. The van der Waals surface area contributed by atoms with Crippen molar-refractivity contribution in [2.45, 2.75) is 17.2 Å². The summed E-state index contributed by atoms with van der Waals surface area (Å²) in [4.78, 5) is 9.28. The molecule has 1 aromatic heterocycles. The van der Waals surface area contributed by atoms with E-state index >= 15 is 0 Å². The van der Waals surface area contributed by atoms with Gasteiger partial charge < -0.3 is 10.6 Å². The van der Waals surface area contributed by atoms with Crippen LogP contribution in [0.1, 0.15) is 5.69 Å². The molecule has 1 aliphatic heterocycles. The van der Waals surface area contributed by atoms with E-state index in [1.54, 1.807) is 18.2 Å². The number of sulfone groups is 1. The number of hydrogen-bond acceptors (Lipinski definition) is 7. The van der Waals surface area contributed by atoms with Gasteiger partial charge in [-0.1, -0.05) is 35.1 Å². The second kappa shape index (κ2) is 7.89. The summed E-state index contributed by atoms with van der Waals surface area (Å²) >= 11 is 7.63. The van der Waals surface area contributed by atoms with Gasteiger partial charge in [0.15, 0.2) is 15.0 Å². The number of rotatable bonds is 5. The van der Waals surface area contributed by atoms with Gasteiger partial charge >= 0.3 is 0 Å². The third kappa shape index (κ3) is 4.05. The minimum Gasteiger partial charge on any atom is -0.375 e. The molecule has 146 valence electrons. The summed E-state index contributed by atoms with van der Waals surface area (Å²) in [7, 11) is -1.70. The van der Waals surface area contributed by atoms with Crippen LogP contribution in [0.5, 0.6) is 0 Å². The zero-order valence-electron chi connectivity index (χ0n) is 15.4. The largest absolute Gasteiger partial charge is 0.375 e. The van der Waals surface area contributed by atoms with Crippen LogP contribution in [0.4, 0.5) is 5.13 Å². The summed E-state index contributed by atoms with van der Waals surface area (Å²) in [5, 5.41) is -0.162. The summed E-state index contributed by atoms with van der Waals surface area (Å²) in [6, 6.07) is 5.02. The van der Waals surface area contributed by atoms with E-state index in [0.717, 1.165) is 29.2 Å². The zero-order valence-corrected chi connectivity index (χ0v) is 17.7. The maximum Gasteiger partial charge on any atom is 0.199 e. The molecular weight excluding hydrogens is 404 g/mol. The Kier molecular flexibility index (Phi) is 5.93. The lowest BCUT2D eigenvalue weighted by atomic mass is 10.2. The van der Waals surface area contributed by atoms with Gasteiger partial charge in [0.2, 0.25) is 0 Å². The molecule has 0 spiro atoms. The van der Waals surface area contributed by atoms with Gasteiger partial charge in [-0.3, -0.25) is 4.90 Å². The highest BCUT2D eigenvalue weighted by molar-refractivity contribution is 7.92. The average Bonchev–Trinajstić information content (AvgIpc) is 2.95. The molecule has 0 aliphatic carbocycles. The van der Waals surface area contributed by atoms with Crippen molar-refractivity contribution in [3.63, 3.8) is 0 Å². The molecule has 0 amide bonds. The van der Waals surface area contributed by atoms with E-state index in [-0.39, 0.29) is 9.92 Å². The van der Waals surface area contributed by atoms with E-state index in [1.165, 1.54) is 17.4 Å². The number of anilines is 1. The fourth-order valence-electron chi connectivity index (χ4n) is 3.23. The molecule has 2 heterocycles. The molecule has 1 atom stereocenters. The second-order valence-corrected chi connectivity index (χ2v) is 10.1. The van der Waals surface area contributed by atoms with Crippen LogP contribution >= 0.6 is 22.9 Å². The van der Waals surface area contributed by atoms with Gasteiger partial charge in [-0.25, -0.2) is 13.4 Å². The van der Waals surface area contributed by atoms with Crippen molar-refractivity contribution in [2.24, 2.45) is 0 Å². The van der Waals surface area contributed by atoms with Crippen molar-refractivity contribution < 1.29 is 8.42 Å². The maximum atomic E-state index is 13.4. The van der Waals surface area contributed by atoms with Gasteiger partial charge in [0.1, 0.15) is 5.37 Å². The number of piperazine rings is 1. The minimum atomic E-state index is -3.73. The molecule has 1 aromatic carbocycles. The Labute approximate surface area is 169 Å². The number of likely N-dealkylation sites (N-methyl/N-ethyl adjacent to an activating group) is 1. The standard InChI is InChI=1S/C18H23ClN4O2S2/c1-4-16(23-9-7-22(3)8-10-23)27(24,25)15-11-13(5-6-14(15)19)17-12(2)21-18(20)26-17/h4-6,11,16H,1,7-10H2,2-3H3,(H2,20,21). The second-order valence-electron chi connectivity index (χ2n) is 6.62. The normalized spacial score (nSPS) is 17.7. The van der Waals surface area contributed by atoms with Crippen molar-refractivity contribution in [2.75, 3.05) is 39.0 Å². The van der Waals surface area contributed by atoms with Crippen LogP contribution in [-0.4, -0.2) is 61.8 Å². The monoisotopic (exact) mass is 426 g/mol. The number of thiazole rings is 1. The van der Waals surface area contributed by atoms with Crippen molar-refractivity contribution >= 4 is 37.9 Å². The number of benzene rings is 1. The predicted molar refractivity (Wildman–Crippen MR) is 112 cm³/mol. The van der Waals surface area contributed by atoms with Gasteiger partial charge in [-0.05, 0) is 31.7 Å². The van der Waals surface area contributed by atoms with Crippen LogP contribution in [0.25, 0.3) is 10.4 Å². The molecule has 1 aliphatic rings. The van der Waals surface area contributed by atoms with Crippen LogP contribution in [0, 0.1) is 6.92 Å². The first-order chi connectivity index (χ1) is 12.7. The van der Waals surface area contributed by atoms with Crippen molar-refractivity contribution in [3.8, 4) is 10.4 Å². The van der Waals surface area contributed by atoms with Crippen LogP contribution in [0.2, 0.25) is 5.02 Å². The molecule has 1 unspecified atom stereocenters. The van der Waals surface area contributed by atoms with Gasteiger partial charge in [-0.15, -0.1) is 6.58 Å². The molecule has 27 heavy (non-hydrogen) atoms. The quantitative estimate of drug-likeness (QED) is 0.740. The maximum absolute atomic E-state index is 13.4. The Morgan fingerprint density at radius 3 is 2.56 bits per heavy atom. The first kappa shape index (κ1) is 20.3. The molecule has 1 fully saturated rings. The molecule has 0 bridgehead atoms.